The fraction of sp³-hybridized carbons (Fsp3) is 0.619. The molecule has 1 aromatic rings. The Labute approximate surface area is 165 Å². The van der Waals surface area contributed by atoms with Gasteiger partial charge in [-0.3, -0.25) is 19.7 Å². The molecular weight excluding hydrogens is 356 g/mol. The van der Waals surface area contributed by atoms with E-state index in [1.807, 2.05) is 17.4 Å². The van der Waals surface area contributed by atoms with Gasteiger partial charge in [0.2, 0.25) is 11.8 Å². The van der Waals surface area contributed by atoms with Crippen LogP contribution in [0.1, 0.15) is 24.8 Å². The molecule has 1 aromatic carbocycles. The van der Waals surface area contributed by atoms with Crippen LogP contribution >= 0.6 is 0 Å². The minimum absolute atomic E-state index is 0.0298. The Kier molecular flexibility index (Phi) is 4.14. The number of anilines is 1. The Hall–Kier alpha value is -2.12. The molecule has 1 spiro atoms. The quantitative estimate of drug-likeness (QED) is 0.585. The van der Waals surface area contributed by atoms with Crippen molar-refractivity contribution >= 4 is 17.5 Å². The molecule has 3 atom stereocenters. The molecule has 0 bridgehead atoms. The lowest BCUT2D eigenvalue weighted by Crippen LogP contribution is -2.62. The molecule has 3 heterocycles. The molecule has 0 unspecified atom stereocenters. The van der Waals surface area contributed by atoms with E-state index in [0.717, 1.165) is 32.4 Å². The minimum atomic E-state index is -0.492. The topological polar surface area (TPSA) is 76.1 Å². The van der Waals surface area contributed by atoms with Gasteiger partial charge in [-0.15, -0.1) is 0 Å². The number of carbonyl (C=O) groups is 2. The van der Waals surface area contributed by atoms with Crippen molar-refractivity contribution < 1.29 is 14.8 Å². The zero-order valence-electron chi connectivity index (χ0n) is 16.3. The number of piperidine rings is 1. The summed E-state index contributed by atoms with van der Waals surface area (Å²) >= 11 is 0. The largest absolute Gasteiger partial charge is 0.364 e. The van der Waals surface area contributed by atoms with Crippen LogP contribution in [0, 0.1) is 11.3 Å². The number of amides is 2. The van der Waals surface area contributed by atoms with Gasteiger partial charge in [-0.1, -0.05) is 18.2 Å². The summed E-state index contributed by atoms with van der Waals surface area (Å²) in [4.78, 5) is 32.3. The summed E-state index contributed by atoms with van der Waals surface area (Å²) in [7, 11) is 1.95. The third-order valence-electron chi connectivity index (χ3n) is 7.30. The maximum Gasteiger partial charge on any atom is 0.248 e. The number of nitrogens with one attached hydrogen (secondary N) is 1. The van der Waals surface area contributed by atoms with Crippen LogP contribution in [-0.2, 0) is 16.0 Å². The SMILES string of the molecule is CN1CC2(CC2)C[C@H](C(=O)NO)[C@H]1C(=O)N1CCN2c3ccccc3C[C@@H]2C1. The second-order valence-corrected chi connectivity index (χ2v) is 9.11. The van der Waals surface area contributed by atoms with Crippen LogP contribution in [0.25, 0.3) is 0 Å². The van der Waals surface area contributed by atoms with Gasteiger partial charge in [-0.25, -0.2) is 5.48 Å². The number of likely N-dealkylation sites (tertiary alicyclic amines) is 1. The molecule has 0 aromatic heterocycles. The second kappa shape index (κ2) is 6.46. The predicted molar refractivity (Wildman–Crippen MR) is 104 cm³/mol. The van der Waals surface area contributed by atoms with E-state index in [4.69, 9.17) is 0 Å². The van der Waals surface area contributed by atoms with Gasteiger partial charge in [0.25, 0.3) is 0 Å². The molecular formula is C21H28N4O3. The van der Waals surface area contributed by atoms with Crippen LogP contribution in [0.5, 0.6) is 0 Å². The van der Waals surface area contributed by atoms with Crippen LogP contribution in [0.3, 0.4) is 0 Å². The Morgan fingerprint density at radius 1 is 1.21 bits per heavy atom. The highest BCUT2D eigenvalue weighted by molar-refractivity contribution is 5.90. The summed E-state index contributed by atoms with van der Waals surface area (Å²) in [5.41, 5.74) is 4.62. The highest BCUT2D eigenvalue weighted by Crippen LogP contribution is 2.54. The highest BCUT2D eigenvalue weighted by Gasteiger charge is 2.55. The molecule has 3 aliphatic heterocycles. The summed E-state index contributed by atoms with van der Waals surface area (Å²) in [6.45, 7) is 3.04. The molecule has 28 heavy (non-hydrogen) atoms. The summed E-state index contributed by atoms with van der Waals surface area (Å²) in [5.74, 6) is -0.886. The molecule has 4 aliphatic rings. The van der Waals surface area contributed by atoms with Crippen LogP contribution in [0.2, 0.25) is 0 Å². The first-order chi connectivity index (χ1) is 13.5. The smallest absolute Gasteiger partial charge is 0.248 e. The van der Waals surface area contributed by atoms with Crippen LogP contribution in [0.4, 0.5) is 5.69 Å². The molecule has 5 rings (SSSR count). The lowest BCUT2D eigenvalue weighted by molar-refractivity contribution is -0.151. The third kappa shape index (κ3) is 2.79. The average molecular weight is 384 g/mol. The number of para-hydroxylation sites is 1. The van der Waals surface area contributed by atoms with E-state index in [-0.39, 0.29) is 11.3 Å². The van der Waals surface area contributed by atoms with Gasteiger partial charge < -0.3 is 9.80 Å². The lowest BCUT2D eigenvalue weighted by Gasteiger charge is -2.46. The fourth-order valence-electron chi connectivity index (χ4n) is 5.75. The number of nitrogens with zero attached hydrogens (tertiary/aromatic N) is 3. The maximum atomic E-state index is 13.5. The van der Waals surface area contributed by atoms with Crippen LogP contribution < -0.4 is 10.4 Å². The zero-order chi connectivity index (χ0) is 19.5. The van der Waals surface area contributed by atoms with Gasteiger partial charge in [0.15, 0.2) is 0 Å². The van der Waals surface area contributed by atoms with Crippen molar-refractivity contribution in [1.29, 1.82) is 0 Å². The van der Waals surface area contributed by atoms with Crippen molar-refractivity contribution in [3.63, 3.8) is 0 Å². The van der Waals surface area contributed by atoms with E-state index >= 15 is 0 Å². The van der Waals surface area contributed by atoms with Crippen molar-refractivity contribution in [2.45, 2.75) is 37.8 Å². The van der Waals surface area contributed by atoms with Gasteiger partial charge in [-0.05, 0) is 49.8 Å². The van der Waals surface area contributed by atoms with Crippen molar-refractivity contribution in [3.05, 3.63) is 29.8 Å². The number of likely N-dealkylation sites (N-methyl/N-ethyl adjacent to an activating group) is 1. The number of rotatable bonds is 2. The molecule has 2 saturated heterocycles. The highest BCUT2D eigenvalue weighted by atomic mass is 16.5. The number of hydrogen-bond acceptors (Lipinski definition) is 5. The van der Waals surface area contributed by atoms with Crippen molar-refractivity contribution in [1.82, 2.24) is 15.3 Å². The number of benzene rings is 1. The van der Waals surface area contributed by atoms with E-state index in [9.17, 15) is 14.8 Å². The van der Waals surface area contributed by atoms with Gasteiger partial charge in [0, 0.05) is 31.9 Å². The molecule has 1 saturated carbocycles. The lowest BCUT2D eigenvalue weighted by atomic mass is 9.80. The number of fused-ring (bicyclic) bond motifs is 3. The first-order valence-electron chi connectivity index (χ1n) is 10.3. The first kappa shape index (κ1) is 17.9. The predicted octanol–water partition coefficient (Wildman–Crippen LogP) is 0.866. The summed E-state index contributed by atoms with van der Waals surface area (Å²) in [6.07, 6.45) is 3.86. The standard InChI is InChI=1S/C21H28N4O3/c1-23-13-21(6-7-21)11-16(19(26)22-28)18(23)20(27)24-8-9-25-15(12-24)10-14-4-2-3-5-17(14)25/h2-5,15-16,18,28H,6-13H2,1H3,(H,22,26)/t15-,16+,18+/m1/s1. The normalized spacial score (nSPS) is 30.7. The molecule has 150 valence electrons. The molecule has 3 fully saturated rings. The third-order valence-corrected chi connectivity index (χ3v) is 7.30. The maximum absolute atomic E-state index is 13.5. The van der Waals surface area contributed by atoms with E-state index in [0.29, 0.717) is 25.6 Å². The Bertz CT molecular complexity index is 809. The van der Waals surface area contributed by atoms with Gasteiger partial charge >= 0.3 is 0 Å². The Balaban J connectivity index is 1.34. The van der Waals surface area contributed by atoms with Crippen molar-refractivity contribution in [2.75, 3.05) is 38.1 Å². The molecule has 7 nitrogen and oxygen atoms in total. The fourth-order valence-corrected chi connectivity index (χ4v) is 5.75. The molecule has 2 N–H and O–H groups in total. The van der Waals surface area contributed by atoms with Crippen molar-refractivity contribution in [3.8, 4) is 0 Å². The average Bonchev–Trinajstić information content (AvgIpc) is 3.33. The monoisotopic (exact) mass is 384 g/mol. The Morgan fingerprint density at radius 2 is 2.00 bits per heavy atom. The number of carbonyl (C=O) groups excluding carboxylic acids is 2. The molecule has 1 aliphatic carbocycles. The Morgan fingerprint density at radius 3 is 2.75 bits per heavy atom. The number of piperazine rings is 1. The van der Waals surface area contributed by atoms with Gasteiger partial charge in [0.1, 0.15) is 6.04 Å². The van der Waals surface area contributed by atoms with Crippen molar-refractivity contribution in [2.24, 2.45) is 11.3 Å². The second-order valence-electron chi connectivity index (χ2n) is 9.11. The van der Waals surface area contributed by atoms with Crippen LogP contribution in [-0.4, -0.2) is 72.1 Å². The molecule has 0 radical (unpaired) electrons. The number of hydroxylamine groups is 1. The molecule has 7 heteroatoms. The van der Waals surface area contributed by atoms with Gasteiger partial charge in [0.05, 0.1) is 12.0 Å². The zero-order valence-corrected chi connectivity index (χ0v) is 16.3. The molecule has 2 amide bonds. The number of hydrogen-bond donors (Lipinski definition) is 2. The van der Waals surface area contributed by atoms with Crippen LogP contribution in [0.15, 0.2) is 24.3 Å². The first-order valence-corrected chi connectivity index (χ1v) is 10.3. The van der Waals surface area contributed by atoms with E-state index < -0.39 is 17.9 Å². The summed E-state index contributed by atoms with van der Waals surface area (Å²) in [6, 6.07) is 8.30. The van der Waals surface area contributed by atoms with E-state index in [1.54, 1.807) is 0 Å². The summed E-state index contributed by atoms with van der Waals surface area (Å²) < 4.78 is 0. The minimum Gasteiger partial charge on any atom is -0.364 e. The summed E-state index contributed by atoms with van der Waals surface area (Å²) in [5, 5.41) is 9.25. The van der Waals surface area contributed by atoms with E-state index in [1.165, 1.54) is 11.3 Å². The van der Waals surface area contributed by atoms with Gasteiger partial charge in [-0.2, -0.15) is 0 Å². The van der Waals surface area contributed by atoms with E-state index in [2.05, 4.69) is 34.1 Å².